The predicted molar refractivity (Wildman–Crippen MR) is 118 cm³/mol. The highest BCUT2D eigenvalue weighted by Crippen LogP contribution is 2.28. The van der Waals surface area contributed by atoms with Crippen LogP contribution in [0.3, 0.4) is 0 Å². The minimum Gasteiger partial charge on any atom is -1.00 e. The van der Waals surface area contributed by atoms with E-state index in [9.17, 15) is 0 Å². The first-order valence-electron chi connectivity index (χ1n) is 10.4. The molecule has 2 atom stereocenters. The number of halogens is 1. The molecular formula is C23H29ClN6. The van der Waals surface area contributed by atoms with Crippen LogP contribution >= 0.6 is 0 Å². The van der Waals surface area contributed by atoms with Crippen molar-refractivity contribution in [3.63, 3.8) is 0 Å². The number of benzene rings is 2. The molecule has 0 bridgehead atoms. The molecule has 2 aromatic carbocycles. The van der Waals surface area contributed by atoms with Gasteiger partial charge in [0, 0.05) is 48.7 Å². The predicted octanol–water partition coefficient (Wildman–Crippen LogP) is -0.153. The van der Waals surface area contributed by atoms with Crippen LogP contribution in [0.15, 0.2) is 67.3 Å². The van der Waals surface area contributed by atoms with Crippen molar-refractivity contribution >= 4 is 22.7 Å². The second kappa shape index (κ2) is 8.48. The number of hydrogen-bond acceptors (Lipinski definition) is 4. The van der Waals surface area contributed by atoms with E-state index in [-0.39, 0.29) is 12.4 Å². The molecule has 0 spiro atoms. The van der Waals surface area contributed by atoms with Crippen molar-refractivity contribution in [2.45, 2.75) is 24.9 Å². The van der Waals surface area contributed by atoms with Gasteiger partial charge < -0.3 is 33.7 Å². The molecule has 3 heterocycles. The number of nitrogens with two attached hydrogens (primary N) is 2. The molecule has 2 aliphatic heterocycles. The monoisotopic (exact) mass is 424 g/mol. The van der Waals surface area contributed by atoms with Crippen LogP contribution in [-0.2, 0) is 0 Å². The van der Waals surface area contributed by atoms with Crippen molar-refractivity contribution in [3.8, 4) is 0 Å². The van der Waals surface area contributed by atoms with E-state index >= 15 is 0 Å². The number of nitrogens with zero attached hydrogens (tertiary/aromatic N) is 4. The topological polar surface area (TPSA) is 67.3 Å². The lowest BCUT2D eigenvalue weighted by Crippen LogP contribution is -3.00. The molecule has 6 nitrogen and oxygen atoms in total. The van der Waals surface area contributed by atoms with Crippen molar-refractivity contribution in [3.05, 3.63) is 67.3 Å². The number of rotatable bonds is 4. The third-order valence-electron chi connectivity index (χ3n) is 6.36. The van der Waals surface area contributed by atoms with Crippen LogP contribution in [0.2, 0.25) is 0 Å². The third kappa shape index (κ3) is 4.05. The molecule has 2 aliphatic rings. The zero-order chi connectivity index (χ0) is 19.8. The first-order chi connectivity index (χ1) is 14.2. The van der Waals surface area contributed by atoms with E-state index in [2.05, 4.69) is 61.9 Å². The molecule has 1 aromatic heterocycles. The Bertz CT molecular complexity index is 890. The molecule has 158 valence electrons. The number of anilines is 4. The number of nitrogen functional groups attached to an aromatic ring is 2. The standard InChI is InChI=1S/C23H29N6.ClH/c24-18-1-5-20(6-2-18)26-11-9-22(15-26)28-13-14-29(17-28)23-10-12-27(16-23)21-7-3-19(25)4-8-21;/h1-8,13-14,17,22-23H,9-12,15-16,24-25H2;1H/q+1;/p-1. The second-order valence-corrected chi connectivity index (χ2v) is 8.27. The molecule has 0 aliphatic carbocycles. The fourth-order valence-corrected chi connectivity index (χ4v) is 4.63. The summed E-state index contributed by atoms with van der Waals surface area (Å²) in [5.41, 5.74) is 15.8. The van der Waals surface area contributed by atoms with Gasteiger partial charge in [-0.15, -0.1) is 0 Å². The summed E-state index contributed by atoms with van der Waals surface area (Å²) in [7, 11) is 0. The van der Waals surface area contributed by atoms with E-state index in [0.29, 0.717) is 12.1 Å². The zero-order valence-electron chi connectivity index (χ0n) is 17.1. The molecule has 5 rings (SSSR count). The minimum absolute atomic E-state index is 0. The maximum absolute atomic E-state index is 5.83. The van der Waals surface area contributed by atoms with Gasteiger partial charge in [-0.2, -0.15) is 0 Å². The van der Waals surface area contributed by atoms with E-state index in [1.807, 2.05) is 24.3 Å². The average molecular weight is 425 g/mol. The molecule has 0 saturated carbocycles. The Hall–Kier alpha value is -2.86. The third-order valence-corrected chi connectivity index (χ3v) is 6.36. The van der Waals surface area contributed by atoms with E-state index in [0.717, 1.165) is 37.6 Å². The van der Waals surface area contributed by atoms with Gasteiger partial charge in [-0.25, -0.2) is 9.13 Å². The summed E-state index contributed by atoms with van der Waals surface area (Å²) < 4.78 is 4.78. The summed E-state index contributed by atoms with van der Waals surface area (Å²) in [4.78, 5) is 4.90. The Kier molecular flexibility index (Phi) is 5.77. The van der Waals surface area contributed by atoms with Crippen LogP contribution in [0.25, 0.3) is 0 Å². The zero-order valence-corrected chi connectivity index (χ0v) is 17.8. The first kappa shape index (κ1) is 20.4. The summed E-state index contributed by atoms with van der Waals surface area (Å²) in [5, 5.41) is 0. The van der Waals surface area contributed by atoms with Gasteiger partial charge in [-0.05, 0) is 48.5 Å². The van der Waals surface area contributed by atoms with Gasteiger partial charge in [-0.3, -0.25) is 0 Å². The molecular weight excluding hydrogens is 396 g/mol. The van der Waals surface area contributed by atoms with Gasteiger partial charge in [-0.1, -0.05) is 0 Å². The largest absolute Gasteiger partial charge is 1.00 e. The fraction of sp³-hybridized carbons (Fsp3) is 0.348. The lowest BCUT2D eigenvalue weighted by atomic mass is 10.2. The second-order valence-electron chi connectivity index (χ2n) is 8.27. The highest BCUT2D eigenvalue weighted by atomic mass is 35.5. The molecule has 30 heavy (non-hydrogen) atoms. The summed E-state index contributed by atoms with van der Waals surface area (Å²) in [6, 6.07) is 17.5. The lowest BCUT2D eigenvalue weighted by molar-refractivity contribution is -0.718. The normalized spacial score (nSPS) is 21.1. The molecule has 3 aromatic rings. The summed E-state index contributed by atoms with van der Waals surface area (Å²) >= 11 is 0. The van der Waals surface area contributed by atoms with E-state index in [1.54, 1.807) is 0 Å². The molecule has 2 saturated heterocycles. The highest BCUT2D eigenvalue weighted by Gasteiger charge is 2.31. The number of imidazole rings is 1. The Morgan fingerprint density at radius 1 is 0.767 bits per heavy atom. The molecule has 2 fully saturated rings. The Labute approximate surface area is 184 Å². The van der Waals surface area contributed by atoms with Gasteiger partial charge in [0.25, 0.3) is 0 Å². The van der Waals surface area contributed by atoms with Crippen LogP contribution in [0.1, 0.15) is 24.9 Å². The average Bonchev–Trinajstić information content (AvgIpc) is 3.48. The molecule has 7 heteroatoms. The lowest BCUT2D eigenvalue weighted by Gasteiger charge is -2.18. The van der Waals surface area contributed by atoms with Crippen LogP contribution in [0.4, 0.5) is 22.7 Å². The van der Waals surface area contributed by atoms with Crippen molar-refractivity contribution < 1.29 is 17.0 Å². The van der Waals surface area contributed by atoms with Gasteiger partial charge >= 0.3 is 0 Å². The quantitative estimate of drug-likeness (QED) is 0.451. The van der Waals surface area contributed by atoms with E-state index in [4.69, 9.17) is 11.5 Å². The van der Waals surface area contributed by atoms with Crippen LogP contribution in [0.5, 0.6) is 0 Å². The van der Waals surface area contributed by atoms with Crippen molar-refractivity contribution in [1.29, 1.82) is 0 Å². The van der Waals surface area contributed by atoms with Gasteiger partial charge in [0.2, 0.25) is 6.33 Å². The summed E-state index contributed by atoms with van der Waals surface area (Å²) in [6.07, 6.45) is 9.11. The SMILES string of the molecule is Nc1ccc(N2CCC(n3cc[n+](C4CCN(c5ccc(N)cc5)C4)c3)C2)cc1.[Cl-]. The number of aromatic nitrogens is 2. The maximum atomic E-state index is 5.83. The van der Waals surface area contributed by atoms with Gasteiger partial charge in [0.1, 0.15) is 24.5 Å². The Morgan fingerprint density at radius 3 is 1.97 bits per heavy atom. The van der Waals surface area contributed by atoms with Gasteiger partial charge in [0.05, 0.1) is 13.1 Å². The smallest absolute Gasteiger partial charge is 0.244 e. The fourth-order valence-electron chi connectivity index (χ4n) is 4.63. The summed E-state index contributed by atoms with van der Waals surface area (Å²) in [6.45, 7) is 4.25. The van der Waals surface area contributed by atoms with Crippen molar-refractivity contribution in [2.75, 3.05) is 47.4 Å². The first-order valence-corrected chi connectivity index (χ1v) is 10.4. The van der Waals surface area contributed by atoms with E-state index < -0.39 is 0 Å². The van der Waals surface area contributed by atoms with Gasteiger partial charge in [0.15, 0.2) is 0 Å². The van der Waals surface area contributed by atoms with Crippen LogP contribution < -0.4 is 38.2 Å². The minimum atomic E-state index is 0. The maximum Gasteiger partial charge on any atom is 0.244 e. The number of hydrogen-bond donors (Lipinski definition) is 2. The Morgan fingerprint density at radius 2 is 1.33 bits per heavy atom. The van der Waals surface area contributed by atoms with Crippen molar-refractivity contribution in [1.82, 2.24) is 4.57 Å². The molecule has 0 amide bonds. The Balaban J connectivity index is 0.00000218. The van der Waals surface area contributed by atoms with Crippen LogP contribution in [-0.4, -0.2) is 30.7 Å². The van der Waals surface area contributed by atoms with Crippen LogP contribution in [0, 0.1) is 0 Å². The molecule has 2 unspecified atom stereocenters. The molecule has 4 N–H and O–H groups in total. The van der Waals surface area contributed by atoms with E-state index in [1.165, 1.54) is 24.2 Å². The summed E-state index contributed by atoms with van der Waals surface area (Å²) in [5.74, 6) is 0. The highest BCUT2D eigenvalue weighted by molar-refractivity contribution is 5.54. The molecule has 0 radical (unpaired) electrons. The van der Waals surface area contributed by atoms with Crippen molar-refractivity contribution in [2.24, 2.45) is 0 Å².